The maximum Gasteiger partial charge on any atom is 0.178 e. The van der Waals surface area contributed by atoms with Crippen LogP contribution in [0.5, 0.6) is 11.5 Å². The predicted octanol–water partition coefficient (Wildman–Crippen LogP) is 5.02. The third kappa shape index (κ3) is 2.89. The van der Waals surface area contributed by atoms with Crippen molar-refractivity contribution < 1.29 is 9.30 Å². The molecule has 1 unspecified atom stereocenters. The molecule has 0 aliphatic carbocycles. The summed E-state index contributed by atoms with van der Waals surface area (Å²) in [5.41, 5.74) is 1.36. The molecular formula is C23H23O2P. The Hall–Kier alpha value is -2.31. The standard InChI is InChI=1S/C23H23O2P/c1-23(2,3)16-17-13-14-20-22(15-17)26(24,18-9-5-4-6-10-18)21-12-8-7-11-19(21)25-20/h4-15H,16H2,1-3H3. The van der Waals surface area contributed by atoms with Crippen molar-refractivity contribution in [1.29, 1.82) is 0 Å². The molecule has 26 heavy (non-hydrogen) atoms. The summed E-state index contributed by atoms with van der Waals surface area (Å²) in [7, 11) is -2.96. The van der Waals surface area contributed by atoms with E-state index >= 15 is 0 Å². The van der Waals surface area contributed by atoms with E-state index in [9.17, 15) is 4.57 Å². The van der Waals surface area contributed by atoms with Gasteiger partial charge >= 0.3 is 0 Å². The van der Waals surface area contributed by atoms with Crippen LogP contribution >= 0.6 is 7.14 Å². The third-order valence-electron chi connectivity index (χ3n) is 4.64. The summed E-state index contributed by atoms with van der Waals surface area (Å²) < 4.78 is 20.6. The molecule has 1 heterocycles. The molecule has 0 saturated carbocycles. The van der Waals surface area contributed by atoms with Crippen molar-refractivity contribution in [2.75, 3.05) is 0 Å². The topological polar surface area (TPSA) is 26.3 Å². The van der Waals surface area contributed by atoms with Crippen molar-refractivity contribution in [2.24, 2.45) is 5.41 Å². The van der Waals surface area contributed by atoms with Crippen LogP contribution in [0.25, 0.3) is 0 Å². The minimum Gasteiger partial charge on any atom is -0.456 e. The molecule has 4 rings (SSSR count). The molecule has 0 saturated heterocycles. The molecule has 3 aromatic carbocycles. The van der Waals surface area contributed by atoms with Gasteiger partial charge in [0.1, 0.15) is 11.5 Å². The van der Waals surface area contributed by atoms with E-state index in [-0.39, 0.29) is 5.41 Å². The van der Waals surface area contributed by atoms with Crippen LogP contribution in [0.1, 0.15) is 26.3 Å². The fourth-order valence-electron chi connectivity index (χ4n) is 3.59. The highest BCUT2D eigenvalue weighted by molar-refractivity contribution is 7.85. The van der Waals surface area contributed by atoms with E-state index in [1.807, 2.05) is 60.7 Å². The monoisotopic (exact) mass is 362 g/mol. The Morgan fingerprint density at radius 3 is 2.19 bits per heavy atom. The van der Waals surface area contributed by atoms with Crippen molar-refractivity contribution in [3.63, 3.8) is 0 Å². The molecule has 0 radical (unpaired) electrons. The summed E-state index contributed by atoms with van der Waals surface area (Å²) in [6.45, 7) is 6.65. The number of hydrogen-bond donors (Lipinski definition) is 0. The zero-order valence-electron chi connectivity index (χ0n) is 15.4. The lowest BCUT2D eigenvalue weighted by molar-refractivity contribution is 0.411. The van der Waals surface area contributed by atoms with Crippen LogP contribution in [-0.4, -0.2) is 0 Å². The zero-order chi connectivity index (χ0) is 18.4. The van der Waals surface area contributed by atoms with E-state index in [1.165, 1.54) is 5.56 Å². The second-order valence-electron chi connectivity index (χ2n) is 8.05. The Bertz CT molecular complexity index is 1000. The third-order valence-corrected chi connectivity index (χ3v) is 7.74. The summed E-state index contributed by atoms with van der Waals surface area (Å²) in [5, 5.41) is 2.45. The van der Waals surface area contributed by atoms with Gasteiger partial charge < -0.3 is 9.30 Å². The lowest BCUT2D eigenvalue weighted by atomic mass is 9.88. The Kier molecular flexibility index (Phi) is 4.04. The first-order valence-corrected chi connectivity index (χ1v) is 10.7. The highest BCUT2D eigenvalue weighted by Gasteiger charge is 2.39. The summed E-state index contributed by atoms with van der Waals surface area (Å²) in [4.78, 5) is 0. The molecular weight excluding hydrogens is 339 g/mol. The van der Waals surface area contributed by atoms with Crippen LogP contribution in [0.3, 0.4) is 0 Å². The molecule has 0 spiro atoms. The minimum absolute atomic E-state index is 0.165. The second kappa shape index (κ2) is 6.14. The van der Waals surface area contributed by atoms with Gasteiger partial charge in [0.25, 0.3) is 0 Å². The predicted molar refractivity (Wildman–Crippen MR) is 109 cm³/mol. The number of benzene rings is 3. The Labute approximate surface area is 155 Å². The average Bonchev–Trinajstić information content (AvgIpc) is 2.62. The van der Waals surface area contributed by atoms with E-state index in [4.69, 9.17) is 4.74 Å². The summed E-state index contributed by atoms with van der Waals surface area (Å²) >= 11 is 0. The lowest BCUT2D eigenvalue weighted by Gasteiger charge is -2.30. The molecule has 0 fully saturated rings. The van der Waals surface area contributed by atoms with Gasteiger partial charge in [0.15, 0.2) is 7.14 Å². The number of rotatable bonds is 2. The number of para-hydroxylation sites is 1. The maximum atomic E-state index is 14.5. The Morgan fingerprint density at radius 1 is 0.808 bits per heavy atom. The number of fused-ring (bicyclic) bond motifs is 2. The van der Waals surface area contributed by atoms with Gasteiger partial charge in [-0.15, -0.1) is 0 Å². The molecule has 1 aliphatic rings. The molecule has 0 N–H and O–H groups in total. The molecule has 132 valence electrons. The Morgan fingerprint density at radius 2 is 1.46 bits per heavy atom. The highest BCUT2D eigenvalue weighted by Crippen LogP contribution is 2.51. The van der Waals surface area contributed by atoms with Crippen LogP contribution < -0.4 is 20.7 Å². The van der Waals surface area contributed by atoms with E-state index < -0.39 is 7.14 Å². The first-order chi connectivity index (χ1) is 12.4. The van der Waals surface area contributed by atoms with Crippen LogP contribution in [-0.2, 0) is 11.0 Å². The van der Waals surface area contributed by atoms with E-state index in [1.54, 1.807) is 0 Å². The lowest BCUT2D eigenvalue weighted by Crippen LogP contribution is -2.31. The quantitative estimate of drug-likeness (QED) is 0.468. The molecule has 0 aromatic heterocycles. The van der Waals surface area contributed by atoms with Crippen LogP contribution in [0.15, 0.2) is 72.8 Å². The van der Waals surface area contributed by atoms with Crippen molar-refractivity contribution in [2.45, 2.75) is 27.2 Å². The summed E-state index contributed by atoms with van der Waals surface area (Å²) in [6.07, 6.45) is 0.927. The molecule has 1 atom stereocenters. The fourth-order valence-corrected chi connectivity index (χ4v) is 6.50. The van der Waals surface area contributed by atoms with Gasteiger partial charge in [-0.25, -0.2) is 0 Å². The zero-order valence-corrected chi connectivity index (χ0v) is 16.3. The number of hydrogen-bond acceptors (Lipinski definition) is 2. The van der Waals surface area contributed by atoms with Gasteiger partial charge in [-0.05, 0) is 41.7 Å². The van der Waals surface area contributed by atoms with E-state index in [0.717, 1.165) is 22.3 Å². The molecule has 0 bridgehead atoms. The van der Waals surface area contributed by atoms with E-state index in [0.29, 0.717) is 11.5 Å². The van der Waals surface area contributed by atoms with Crippen molar-refractivity contribution in [3.05, 3.63) is 78.4 Å². The van der Waals surface area contributed by atoms with E-state index in [2.05, 4.69) is 32.9 Å². The Balaban J connectivity index is 1.96. The van der Waals surface area contributed by atoms with Crippen LogP contribution in [0.4, 0.5) is 0 Å². The molecule has 0 amide bonds. The number of ether oxygens (including phenoxy) is 1. The molecule has 2 nitrogen and oxygen atoms in total. The molecule has 1 aliphatic heterocycles. The largest absolute Gasteiger partial charge is 0.456 e. The first-order valence-electron chi connectivity index (χ1n) is 8.94. The molecule has 3 heteroatoms. The van der Waals surface area contributed by atoms with Gasteiger partial charge in [-0.3, -0.25) is 0 Å². The van der Waals surface area contributed by atoms with Gasteiger partial charge in [0, 0.05) is 5.30 Å². The van der Waals surface area contributed by atoms with Crippen molar-refractivity contribution >= 4 is 23.1 Å². The van der Waals surface area contributed by atoms with Crippen LogP contribution in [0.2, 0.25) is 0 Å². The van der Waals surface area contributed by atoms with Gasteiger partial charge in [0.05, 0.1) is 10.6 Å². The van der Waals surface area contributed by atoms with Gasteiger partial charge in [-0.2, -0.15) is 0 Å². The van der Waals surface area contributed by atoms with Crippen LogP contribution in [0, 0.1) is 5.41 Å². The maximum absolute atomic E-state index is 14.5. The summed E-state index contributed by atoms with van der Waals surface area (Å²) in [5.74, 6) is 1.39. The average molecular weight is 362 g/mol. The minimum atomic E-state index is -2.96. The van der Waals surface area contributed by atoms with Gasteiger partial charge in [-0.1, -0.05) is 69.3 Å². The molecule has 3 aromatic rings. The smallest absolute Gasteiger partial charge is 0.178 e. The SMILES string of the molecule is CC(C)(C)Cc1ccc2c(c1)P(=O)(c1ccccc1)c1ccccc1O2. The fraction of sp³-hybridized carbons (Fsp3) is 0.217. The van der Waals surface area contributed by atoms with Crippen molar-refractivity contribution in [1.82, 2.24) is 0 Å². The highest BCUT2D eigenvalue weighted by atomic mass is 31.2. The normalized spacial score (nSPS) is 18.6. The van der Waals surface area contributed by atoms with Gasteiger partial charge in [0.2, 0.25) is 0 Å². The first kappa shape index (κ1) is 17.1. The second-order valence-corrected chi connectivity index (χ2v) is 10.8. The van der Waals surface area contributed by atoms with Crippen molar-refractivity contribution in [3.8, 4) is 11.5 Å². The summed E-state index contributed by atoms with van der Waals surface area (Å²) in [6, 6.07) is 23.6.